The molecule has 8 aliphatic rings. The van der Waals surface area contributed by atoms with Gasteiger partial charge in [0.15, 0.2) is 5.78 Å². The van der Waals surface area contributed by atoms with Crippen LogP contribution in [0.2, 0.25) is 0 Å². The minimum Gasteiger partial charge on any atom is -0.481 e. The number of allylic oxidation sites excluding steroid dienone is 1. The number of carbonyl (C=O) groups excluding carboxylic acids is 3. The SMILES string of the molecule is CC(C)C1=C2[C@H]3CC[C@@H]4[C@@]5(C)CC[C@H](OC(=O)[C@H]6C[C@@H](C(=O)O)[C@H]6C)C(C)(C)[C@@H]5CC[C@@]4(C)[C@]3(C)CC[C@@]2(C(=O)N2CCC[C@H]2CN2CCC(F)CC2)CC1=O. The zero-order chi connectivity index (χ0) is 40.3. The second-order valence-corrected chi connectivity index (χ2v) is 22.0. The number of amides is 1. The van der Waals surface area contributed by atoms with Gasteiger partial charge >= 0.3 is 11.9 Å². The topological polar surface area (TPSA) is 104 Å². The van der Waals surface area contributed by atoms with Gasteiger partial charge in [0.25, 0.3) is 0 Å². The number of hydrogen-bond donors (Lipinski definition) is 1. The highest BCUT2D eigenvalue weighted by Gasteiger charge is 2.71. The van der Waals surface area contributed by atoms with Crippen molar-refractivity contribution in [1.29, 1.82) is 0 Å². The number of esters is 1. The van der Waals surface area contributed by atoms with Crippen molar-refractivity contribution < 1.29 is 33.4 Å². The largest absolute Gasteiger partial charge is 0.481 e. The lowest BCUT2D eigenvalue weighted by Gasteiger charge is -2.72. The average Bonchev–Trinajstić information content (AvgIpc) is 3.71. The summed E-state index contributed by atoms with van der Waals surface area (Å²) in [5.41, 5.74) is 1.26. The van der Waals surface area contributed by atoms with Gasteiger partial charge in [-0.15, -0.1) is 0 Å². The number of fused-ring (bicyclic) bond motifs is 7. The Morgan fingerprint density at radius 3 is 2.23 bits per heavy atom. The summed E-state index contributed by atoms with van der Waals surface area (Å²) < 4.78 is 20.4. The second kappa shape index (κ2) is 13.9. The number of Topliss-reactive ketones (excluding diaryl/α,β-unsaturated/α-hetero) is 1. The van der Waals surface area contributed by atoms with E-state index in [1.165, 1.54) is 5.57 Å². The van der Waals surface area contributed by atoms with Gasteiger partial charge in [-0.2, -0.15) is 0 Å². The number of nitrogens with zero attached hydrogens (tertiary/aromatic N) is 2. The highest BCUT2D eigenvalue weighted by Crippen LogP contribution is 2.77. The molecule has 0 unspecified atom stereocenters. The van der Waals surface area contributed by atoms with Crippen molar-refractivity contribution in [3.05, 3.63) is 11.1 Å². The van der Waals surface area contributed by atoms with Crippen molar-refractivity contribution in [3.63, 3.8) is 0 Å². The lowest BCUT2D eigenvalue weighted by atomic mass is 9.33. The summed E-state index contributed by atoms with van der Waals surface area (Å²) in [6.07, 6.45) is 10.6. The van der Waals surface area contributed by atoms with Crippen LogP contribution in [0.15, 0.2) is 11.1 Å². The summed E-state index contributed by atoms with van der Waals surface area (Å²) in [7, 11) is 0. The zero-order valence-corrected chi connectivity index (χ0v) is 35.8. The molecule has 2 saturated heterocycles. The number of aliphatic carboxylic acids is 1. The maximum atomic E-state index is 15.3. The van der Waals surface area contributed by atoms with Gasteiger partial charge in [0.2, 0.25) is 5.91 Å². The Balaban J connectivity index is 1.05. The Bertz CT molecular complexity index is 1670. The molecule has 1 N–H and O–H groups in total. The number of carboxylic acid groups (broad SMARTS) is 1. The van der Waals surface area contributed by atoms with Crippen LogP contribution in [-0.4, -0.2) is 83.0 Å². The molecule has 2 heterocycles. The van der Waals surface area contributed by atoms with Crippen LogP contribution in [0, 0.1) is 68.5 Å². The number of rotatable bonds is 7. The molecule has 0 radical (unpaired) electrons. The molecule has 6 aliphatic carbocycles. The molecule has 2 aliphatic heterocycles. The molecule has 7 fully saturated rings. The fourth-order valence-electron chi connectivity index (χ4n) is 15.7. The summed E-state index contributed by atoms with van der Waals surface area (Å²) in [6, 6.07) is 0.126. The van der Waals surface area contributed by atoms with Crippen molar-refractivity contribution >= 4 is 23.6 Å². The molecule has 8 nitrogen and oxygen atoms in total. The first kappa shape index (κ1) is 40.5. The minimum absolute atomic E-state index is 0.0304. The highest BCUT2D eigenvalue weighted by molar-refractivity contribution is 6.07. The van der Waals surface area contributed by atoms with Gasteiger partial charge in [-0.1, -0.05) is 55.4 Å². The smallest absolute Gasteiger partial charge is 0.309 e. The number of hydrogen-bond acceptors (Lipinski definition) is 6. The third-order valence-electron chi connectivity index (χ3n) is 19.1. The Kier molecular flexibility index (Phi) is 10.0. The Labute approximate surface area is 335 Å². The molecule has 0 spiro atoms. The maximum absolute atomic E-state index is 15.3. The van der Waals surface area contributed by atoms with E-state index in [-0.39, 0.29) is 75.1 Å². The number of carbonyl (C=O) groups is 4. The lowest BCUT2D eigenvalue weighted by Crippen LogP contribution is -2.66. The number of alkyl halides is 1. The number of likely N-dealkylation sites (tertiary alicyclic amines) is 2. The van der Waals surface area contributed by atoms with Gasteiger partial charge in [0, 0.05) is 44.1 Å². The van der Waals surface area contributed by atoms with Gasteiger partial charge in [-0.3, -0.25) is 19.2 Å². The normalized spacial score (nSPS) is 45.1. The van der Waals surface area contributed by atoms with Crippen LogP contribution in [0.25, 0.3) is 0 Å². The second-order valence-electron chi connectivity index (χ2n) is 22.0. The van der Waals surface area contributed by atoms with Crippen LogP contribution in [0.4, 0.5) is 4.39 Å². The van der Waals surface area contributed by atoms with E-state index in [4.69, 9.17) is 4.74 Å². The molecular formula is C47H71FN2O6. The quantitative estimate of drug-likeness (QED) is 0.258. The van der Waals surface area contributed by atoms with Crippen molar-refractivity contribution in [2.24, 2.45) is 68.5 Å². The minimum atomic E-state index is -0.821. The predicted octanol–water partition coefficient (Wildman–Crippen LogP) is 8.66. The molecule has 1 amide bonds. The number of ketones is 1. The third kappa shape index (κ3) is 5.78. The van der Waals surface area contributed by atoms with Crippen LogP contribution >= 0.6 is 0 Å². The first-order valence-electron chi connectivity index (χ1n) is 22.7. The summed E-state index contributed by atoms with van der Waals surface area (Å²) >= 11 is 0. The standard InChI is InChI=1S/C47H71FN2O6/c1-27(2)38-34(51)25-47(42(55)50-21-9-10-30(50)26-49-22-15-29(48)16-23-49)20-19-45(7)33(39(38)47)11-12-36-44(6)17-14-37(43(4,5)35(44)13-18-46(36,45)8)56-41(54)32-24-31(28(32)3)40(52)53/h27-33,35-37H,9-26H2,1-8H3,(H,52,53)/t28-,30+,31-,32+,33-,35+,36-,37+,44+,45-,46-,47-/m1/s1. The van der Waals surface area contributed by atoms with Crippen molar-refractivity contribution in [2.45, 2.75) is 164 Å². The monoisotopic (exact) mass is 779 g/mol. The van der Waals surface area contributed by atoms with E-state index >= 15 is 4.79 Å². The number of carboxylic acids is 1. The summed E-state index contributed by atoms with van der Waals surface area (Å²) in [6.45, 7) is 21.5. The fraction of sp³-hybridized carbons (Fsp3) is 0.872. The first-order chi connectivity index (χ1) is 26.3. The molecule has 5 saturated carbocycles. The van der Waals surface area contributed by atoms with Crippen LogP contribution in [0.1, 0.15) is 145 Å². The van der Waals surface area contributed by atoms with Gasteiger partial charge in [0.05, 0.1) is 17.3 Å². The molecule has 0 aromatic carbocycles. The van der Waals surface area contributed by atoms with Crippen molar-refractivity contribution in [2.75, 3.05) is 26.2 Å². The Morgan fingerprint density at radius 1 is 0.857 bits per heavy atom. The Hall–Kier alpha value is -2.29. The first-order valence-corrected chi connectivity index (χ1v) is 22.7. The van der Waals surface area contributed by atoms with Crippen molar-refractivity contribution in [1.82, 2.24) is 9.80 Å². The summed E-state index contributed by atoms with van der Waals surface area (Å²) in [4.78, 5) is 59.2. The molecule has 56 heavy (non-hydrogen) atoms. The van der Waals surface area contributed by atoms with Crippen LogP contribution in [0.3, 0.4) is 0 Å². The number of ether oxygens (including phenoxy) is 1. The van der Waals surface area contributed by atoms with E-state index in [1.807, 2.05) is 6.92 Å². The fourth-order valence-corrected chi connectivity index (χ4v) is 15.7. The van der Waals surface area contributed by atoms with Gasteiger partial charge in [-0.25, -0.2) is 4.39 Å². The molecule has 0 bridgehead atoms. The number of piperidine rings is 1. The Morgan fingerprint density at radius 2 is 1.57 bits per heavy atom. The summed E-state index contributed by atoms with van der Waals surface area (Å²) in [5.74, 6) is -0.502. The van der Waals surface area contributed by atoms with E-state index in [0.29, 0.717) is 37.5 Å². The summed E-state index contributed by atoms with van der Waals surface area (Å²) in [5, 5.41) is 9.52. The molecule has 12 atom stereocenters. The van der Waals surface area contributed by atoms with Crippen LogP contribution < -0.4 is 0 Å². The van der Waals surface area contributed by atoms with E-state index in [0.717, 1.165) is 96.0 Å². The molecule has 8 rings (SSSR count). The lowest BCUT2D eigenvalue weighted by molar-refractivity contribution is -0.235. The molecule has 0 aromatic rings. The van der Waals surface area contributed by atoms with E-state index in [2.05, 4.69) is 58.3 Å². The van der Waals surface area contributed by atoms with Crippen LogP contribution in [0.5, 0.6) is 0 Å². The molecular weight excluding hydrogens is 708 g/mol. The van der Waals surface area contributed by atoms with Gasteiger partial charge in [0.1, 0.15) is 12.3 Å². The maximum Gasteiger partial charge on any atom is 0.309 e. The van der Waals surface area contributed by atoms with E-state index in [9.17, 15) is 23.9 Å². The van der Waals surface area contributed by atoms with E-state index < -0.39 is 23.5 Å². The molecule has 0 aromatic heterocycles. The average molecular weight is 779 g/mol. The van der Waals surface area contributed by atoms with Gasteiger partial charge in [-0.05, 0) is 140 Å². The van der Waals surface area contributed by atoms with Crippen LogP contribution in [-0.2, 0) is 23.9 Å². The van der Waals surface area contributed by atoms with Gasteiger partial charge < -0.3 is 19.6 Å². The predicted molar refractivity (Wildman–Crippen MR) is 213 cm³/mol. The van der Waals surface area contributed by atoms with E-state index in [1.54, 1.807) is 0 Å². The van der Waals surface area contributed by atoms with Crippen molar-refractivity contribution in [3.8, 4) is 0 Å². The number of halogens is 1. The zero-order valence-electron chi connectivity index (χ0n) is 35.8. The molecule has 312 valence electrons. The third-order valence-corrected chi connectivity index (χ3v) is 19.1. The highest BCUT2D eigenvalue weighted by atomic mass is 19.1. The molecule has 9 heteroatoms.